The maximum absolute atomic E-state index is 11.7. The third-order valence-electron chi connectivity index (χ3n) is 6.81. The number of benzene rings is 2. The SMILES string of the molecule is COC[C@H]1O[C@@H](n2cc(C)c(=O)[nH]c2=O)C[C@H]1O.COc1ccc(C(=C2C=CC(=[O+]C)C=C2)c2ccccc2)cc1. The average molecular weight is 560 g/mol. The second-order valence-electron chi connectivity index (χ2n) is 9.56. The smallest absolute Gasteiger partial charge is 0.343 e. The zero-order chi connectivity index (χ0) is 29.4. The molecule has 1 aliphatic carbocycles. The number of rotatable bonds is 6. The quantitative estimate of drug-likeness (QED) is 0.447. The van der Waals surface area contributed by atoms with Crippen molar-refractivity contribution in [1.29, 1.82) is 0 Å². The number of aliphatic hydroxyl groups excluding tert-OH is 1. The van der Waals surface area contributed by atoms with Crippen LogP contribution in [0, 0.1) is 6.92 Å². The van der Waals surface area contributed by atoms with Gasteiger partial charge in [-0.1, -0.05) is 42.5 Å². The molecule has 9 heteroatoms. The number of ether oxygens (including phenoxy) is 3. The van der Waals surface area contributed by atoms with E-state index in [9.17, 15) is 14.7 Å². The molecule has 2 aromatic carbocycles. The largest absolute Gasteiger partial charge is 0.497 e. The van der Waals surface area contributed by atoms with E-state index in [4.69, 9.17) is 18.6 Å². The first-order valence-electron chi connectivity index (χ1n) is 13.2. The van der Waals surface area contributed by atoms with Crippen molar-refractivity contribution in [2.75, 3.05) is 27.9 Å². The van der Waals surface area contributed by atoms with Gasteiger partial charge in [0.15, 0.2) is 0 Å². The van der Waals surface area contributed by atoms with Gasteiger partial charge in [-0.3, -0.25) is 18.8 Å². The average Bonchev–Trinajstić information content (AvgIpc) is 3.36. The topological polar surface area (TPSA) is 114 Å². The van der Waals surface area contributed by atoms with Gasteiger partial charge in [0.05, 0.1) is 19.8 Å². The first-order chi connectivity index (χ1) is 19.8. The van der Waals surface area contributed by atoms with E-state index in [1.165, 1.54) is 29.0 Å². The highest BCUT2D eigenvalue weighted by Crippen LogP contribution is 2.31. The molecule has 3 atom stereocenters. The van der Waals surface area contributed by atoms with E-state index in [-0.39, 0.29) is 6.61 Å². The molecule has 41 heavy (non-hydrogen) atoms. The number of ketones is 1. The molecule has 0 spiro atoms. The van der Waals surface area contributed by atoms with Gasteiger partial charge >= 0.3 is 11.5 Å². The third kappa shape index (κ3) is 7.26. The molecule has 1 aromatic heterocycles. The Balaban J connectivity index is 0.000000195. The zero-order valence-electron chi connectivity index (χ0n) is 23.6. The van der Waals surface area contributed by atoms with Crippen molar-refractivity contribution in [3.8, 4) is 5.75 Å². The van der Waals surface area contributed by atoms with Gasteiger partial charge in [0.1, 0.15) is 18.1 Å². The maximum atomic E-state index is 11.7. The first kappa shape index (κ1) is 29.7. The van der Waals surface area contributed by atoms with Crippen molar-refractivity contribution >= 4 is 11.4 Å². The fraction of sp³-hybridized carbons (Fsp3) is 0.281. The van der Waals surface area contributed by atoms with E-state index < -0.39 is 29.7 Å². The Morgan fingerprint density at radius 1 is 1.02 bits per heavy atom. The summed E-state index contributed by atoms with van der Waals surface area (Å²) >= 11 is 0. The lowest BCUT2D eigenvalue weighted by Crippen LogP contribution is -2.33. The van der Waals surface area contributed by atoms with Gasteiger partial charge in [-0.25, -0.2) is 4.79 Å². The molecular weight excluding hydrogens is 524 g/mol. The molecule has 9 nitrogen and oxygen atoms in total. The number of nitrogens with one attached hydrogen (secondary N) is 1. The Morgan fingerprint density at radius 3 is 2.29 bits per heavy atom. The zero-order valence-corrected chi connectivity index (χ0v) is 23.6. The lowest BCUT2D eigenvalue weighted by atomic mass is 9.91. The number of aliphatic hydroxyl groups is 1. The Bertz CT molecular complexity index is 1550. The van der Waals surface area contributed by atoms with Gasteiger partial charge in [0.2, 0.25) is 0 Å². The standard InChI is InChI=1S/C21H19O2.C11H16N2O5/c1-22-19-12-8-17(9-13-19)21(16-6-4-3-5-7-16)18-10-14-20(23-2)15-11-18;1-6-4-13(11(16)12-10(6)15)9-3-7(14)8(18-9)5-17-2/h3-15H,1-2H3;4,7-9,14H,3,5H2,1-2H3,(H,12,15,16)/q+1;/t;7-,8-,9-/m.1/s1. The van der Waals surface area contributed by atoms with Gasteiger partial charge < -0.3 is 19.3 Å². The van der Waals surface area contributed by atoms with Gasteiger partial charge in [-0.15, -0.1) is 0 Å². The number of hydrogen-bond acceptors (Lipinski definition) is 6. The van der Waals surface area contributed by atoms with Crippen LogP contribution >= 0.6 is 0 Å². The number of allylic oxidation sites excluding steroid dienone is 5. The minimum absolute atomic E-state index is 0.259. The molecule has 1 aliphatic heterocycles. The van der Waals surface area contributed by atoms with Crippen LogP contribution in [0.15, 0.2) is 100 Å². The van der Waals surface area contributed by atoms with Gasteiger partial charge in [0.25, 0.3) is 12.7 Å². The predicted molar refractivity (Wildman–Crippen MR) is 157 cm³/mol. The molecule has 5 rings (SSSR count). The Kier molecular flexibility index (Phi) is 10.0. The number of carbonyl (C=O) groups excluding carboxylic acids is 1. The number of aromatic amines is 1. The summed E-state index contributed by atoms with van der Waals surface area (Å²) in [7, 11) is 4.88. The molecule has 0 bridgehead atoms. The van der Waals surface area contributed by atoms with E-state index >= 15 is 0 Å². The van der Waals surface area contributed by atoms with Crippen LogP contribution in [0.4, 0.5) is 0 Å². The van der Waals surface area contributed by atoms with Crippen LogP contribution < -0.4 is 16.0 Å². The highest BCUT2D eigenvalue weighted by Gasteiger charge is 2.35. The molecule has 3 aromatic rings. The molecule has 0 radical (unpaired) electrons. The summed E-state index contributed by atoms with van der Waals surface area (Å²) in [5, 5.41) is 9.77. The summed E-state index contributed by atoms with van der Waals surface area (Å²) in [6.45, 7) is 1.86. The predicted octanol–water partition coefficient (Wildman–Crippen LogP) is 3.50. The van der Waals surface area contributed by atoms with Crippen LogP contribution in [-0.4, -0.2) is 60.6 Å². The van der Waals surface area contributed by atoms with Crippen molar-refractivity contribution in [3.05, 3.63) is 128 Å². The molecule has 0 saturated carbocycles. The Morgan fingerprint density at radius 2 is 1.68 bits per heavy atom. The molecule has 2 N–H and O–H groups in total. The highest BCUT2D eigenvalue weighted by molar-refractivity contribution is 6.03. The van der Waals surface area contributed by atoms with Gasteiger partial charge in [-0.2, -0.15) is 0 Å². The maximum Gasteiger partial charge on any atom is 0.343 e. The summed E-state index contributed by atoms with van der Waals surface area (Å²) in [5.74, 6) is 1.71. The van der Waals surface area contributed by atoms with E-state index in [1.807, 2.05) is 30.4 Å². The highest BCUT2D eigenvalue weighted by atomic mass is 16.6. The second kappa shape index (κ2) is 13.8. The number of H-pyrrole nitrogens is 1. The van der Waals surface area contributed by atoms with Crippen LogP contribution in [0.25, 0.3) is 5.57 Å². The number of methoxy groups -OCH3 is 2. The number of nitrogens with zero attached hydrogens (tertiary/aromatic N) is 1. The van der Waals surface area contributed by atoms with Crippen molar-refractivity contribution in [1.82, 2.24) is 9.55 Å². The molecule has 2 aliphatic rings. The van der Waals surface area contributed by atoms with E-state index in [0.717, 1.165) is 22.7 Å². The molecule has 214 valence electrons. The Hall–Kier alpha value is -4.31. The summed E-state index contributed by atoms with van der Waals surface area (Å²) in [6, 6.07) is 18.6. The molecule has 0 unspecified atom stereocenters. The van der Waals surface area contributed by atoms with Crippen molar-refractivity contribution in [3.63, 3.8) is 0 Å². The van der Waals surface area contributed by atoms with Crippen LogP contribution in [0.5, 0.6) is 5.75 Å². The van der Waals surface area contributed by atoms with E-state index in [2.05, 4.69) is 53.5 Å². The van der Waals surface area contributed by atoms with Crippen LogP contribution in [0.1, 0.15) is 29.3 Å². The third-order valence-corrected chi connectivity index (χ3v) is 6.81. The minimum atomic E-state index is -0.686. The normalized spacial score (nSPS) is 19.5. The van der Waals surface area contributed by atoms with E-state index in [0.29, 0.717) is 12.0 Å². The lowest BCUT2D eigenvalue weighted by molar-refractivity contribution is -0.417. The molecule has 1 fully saturated rings. The van der Waals surface area contributed by atoms with Crippen molar-refractivity contribution in [2.45, 2.75) is 31.8 Å². The molecule has 1 saturated heterocycles. The number of aromatic nitrogens is 2. The summed E-state index contributed by atoms with van der Waals surface area (Å²) in [4.78, 5) is 25.1. The van der Waals surface area contributed by atoms with Crippen LogP contribution in [0.3, 0.4) is 0 Å². The minimum Gasteiger partial charge on any atom is -0.497 e. The molecule has 2 heterocycles. The number of aryl methyl sites for hydroxylation is 1. The summed E-state index contributed by atoms with van der Waals surface area (Å²) < 4.78 is 22.3. The van der Waals surface area contributed by atoms with Crippen LogP contribution in [0.2, 0.25) is 0 Å². The van der Waals surface area contributed by atoms with Gasteiger partial charge in [-0.05, 0) is 53.5 Å². The Labute approximate surface area is 238 Å². The first-order valence-corrected chi connectivity index (χ1v) is 13.2. The number of hydrogen-bond donors (Lipinski definition) is 2. The van der Waals surface area contributed by atoms with Crippen molar-refractivity contribution in [2.24, 2.45) is 0 Å². The van der Waals surface area contributed by atoms with E-state index in [1.54, 1.807) is 21.1 Å². The molecule has 0 amide bonds. The lowest BCUT2D eigenvalue weighted by Gasteiger charge is -2.15. The van der Waals surface area contributed by atoms with Crippen molar-refractivity contribution < 1.29 is 23.7 Å². The van der Waals surface area contributed by atoms with Crippen LogP contribution in [-0.2, 0) is 13.9 Å². The molecular formula is C32H35N2O7+. The van der Waals surface area contributed by atoms with Gasteiger partial charge in [0, 0.05) is 37.4 Å². The summed E-state index contributed by atoms with van der Waals surface area (Å²) in [6.07, 6.45) is 8.16. The fourth-order valence-electron chi connectivity index (χ4n) is 4.62. The summed E-state index contributed by atoms with van der Waals surface area (Å²) in [5.41, 5.74) is 4.15. The fourth-order valence-corrected chi connectivity index (χ4v) is 4.62. The second-order valence-corrected chi connectivity index (χ2v) is 9.56. The monoisotopic (exact) mass is 559 g/mol.